The second kappa shape index (κ2) is 6.94. The number of para-hydroxylation sites is 1. The number of rotatable bonds is 4. The molecule has 0 N–H and O–H groups in total. The van der Waals surface area contributed by atoms with E-state index in [1.807, 2.05) is 60.7 Å². The summed E-state index contributed by atoms with van der Waals surface area (Å²) in [5, 5.41) is 11.5. The van der Waals surface area contributed by atoms with Crippen LogP contribution in [0, 0.1) is 10.1 Å². The second-order valence-corrected chi connectivity index (χ2v) is 6.91. The Morgan fingerprint density at radius 2 is 1.27 bits per heavy atom. The molecule has 0 spiro atoms. The summed E-state index contributed by atoms with van der Waals surface area (Å²) in [6.07, 6.45) is 0. The summed E-state index contributed by atoms with van der Waals surface area (Å²) in [6, 6.07) is 29.1. The van der Waals surface area contributed by atoms with Crippen molar-refractivity contribution < 1.29 is 4.92 Å². The van der Waals surface area contributed by atoms with Crippen LogP contribution in [0.4, 0.5) is 5.69 Å². The van der Waals surface area contributed by atoms with E-state index < -0.39 is 0 Å². The van der Waals surface area contributed by atoms with E-state index in [0.717, 1.165) is 26.4 Å². The van der Waals surface area contributed by atoms with Gasteiger partial charge in [-0.05, 0) is 23.3 Å². The maximum absolute atomic E-state index is 11.5. The molecule has 0 bridgehead atoms. The Balaban J connectivity index is 1.97. The molecule has 26 heavy (non-hydrogen) atoms. The molecular formula is C22H15NO2S. The lowest BCUT2D eigenvalue weighted by molar-refractivity contribution is -0.384. The lowest BCUT2D eigenvalue weighted by atomic mass is 10.00. The molecule has 0 radical (unpaired) electrons. The van der Waals surface area contributed by atoms with Crippen LogP contribution in [-0.2, 0) is 0 Å². The van der Waals surface area contributed by atoms with Crippen LogP contribution in [0.1, 0.15) is 0 Å². The Bertz CT molecular complexity index is 1060. The standard InChI is InChI=1S/C22H15NO2S/c24-23(25)20-14-8-7-13-18(20)19-15-21(16-9-3-1-4-10-16)26-22(19)17-11-5-2-6-12-17/h1-15H. The monoisotopic (exact) mass is 357 g/mol. The third kappa shape index (κ3) is 3.03. The van der Waals surface area contributed by atoms with Crippen molar-refractivity contribution in [2.75, 3.05) is 0 Å². The summed E-state index contributed by atoms with van der Waals surface area (Å²) in [4.78, 5) is 13.3. The van der Waals surface area contributed by atoms with Crippen LogP contribution < -0.4 is 0 Å². The van der Waals surface area contributed by atoms with Crippen molar-refractivity contribution in [1.29, 1.82) is 0 Å². The summed E-state index contributed by atoms with van der Waals surface area (Å²) in [5.74, 6) is 0. The fourth-order valence-electron chi connectivity index (χ4n) is 3.00. The van der Waals surface area contributed by atoms with Gasteiger partial charge in [0.1, 0.15) is 0 Å². The maximum Gasteiger partial charge on any atom is 0.277 e. The van der Waals surface area contributed by atoms with E-state index in [9.17, 15) is 10.1 Å². The first-order valence-electron chi connectivity index (χ1n) is 8.22. The minimum Gasteiger partial charge on any atom is -0.258 e. The Kier molecular flexibility index (Phi) is 4.33. The molecule has 0 unspecified atom stereocenters. The van der Waals surface area contributed by atoms with Gasteiger partial charge in [0.15, 0.2) is 0 Å². The molecule has 0 fully saturated rings. The van der Waals surface area contributed by atoms with Gasteiger partial charge < -0.3 is 0 Å². The molecule has 0 aliphatic rings. The highest BCUT2D eigenvalue weighted by Crippen LogP contribution is 2.45. The van der Waals surface area contributed by atoms with E-state index in [1.165, 1.54) is 0 Å². The molecule has 126 valence electrons. The molecule has 0 saturated carbocycles. The number of nitro groups is 1. The number of thiophene rings is 1. The average Bonchev–Trinajstić information content (AvgIpc) is 3.14. The van der Waals surface area contributed by atoms with Crippen molar-refractivity contribution in [2.24, 2.45) is 0 Å². The summed E-state index contributed by atoms with van der Waals surface area (Å²) in [7, 11) is 0. The lowest BCUT2D eigenvalue weighted by Crippen LogP contribution is -1.91. The number of hydrogen-bond donors (Lipinski definition) is 0. The Labute approximate surface area is 155 Å². The van der Waals surface area contributed by atoms with Gasteiger partial charge in [0.05, 0.1) is 10.5 Å². The SMILES string of the molecule is O=[N+]([O-])c1ccccc1-c1cc(-c2ccccc2)sc1-c1ccccc1. The van der Waals surface area contributed by atoms with E-state index in [-0.39, 0.29) is 10.6 Å². The summed E-state index contributed by atoms with van der Waals surface area (Å²) < 4.78 is 0. The van der Waals surface area contributed by atoms with Crippen molar-refractivity contribution in [3.63, 3.8) is 0 Å². The predicted octanol–water partition coefficient (Wildman–Crippen LogP) is 6.66. The molecule has 3 nitrogen and oxygen atoms in total. The van der Waals surface area contributed by atoms with E-state index in [2.05, 4.69) is 18.2 Å². The average molecular weight is 357 g/mol. The summed E-state index contributed by atoms with van der Waals surface area (Å²) in [6.45, 7) is 0. The Morgan fingerprint density at radius 1 is 0.692 bits per heavy atom. The van der Waals surface area contributed by atoms with Crippen LogP contribution in [0.2, 0.25) is 0 Å². The zero-order valence-electron chi connectivity index (χ0n) is 13.8. The lowest BCUT2D eigenvalue weighted by Gasteiger charge is -2.05. The molecule has 0 aliphatic heterocycles. The molecule has 4 heteroatoms. The van der Waals surface area contributed by atoms with Crippen molar-refractivity contribution in [3.05, 3.63) is 101 Å². The van der Waals surface area contributed by atoms with Gasteiger partial charge in [0.2, 0.25) is 0 Å². The molecule has 1 aromatic heterocycles. The van der Waals surface area contributed by atoms with Gasteiger partial charge in [0.25, 0.3) is 5.69 Å². The number of hydrogen-bond acceptors (Lipinski definition) is 3. The molecule has 0 saturated heterocycles. The maximum atomic E-state index is 11.5. The molecule has 0 atom stereocenters. The fourth-order valence-corrected chi connectivity index (χ4v) is 4.18. The van der Waals surface area contributed by atoms with E-state index >= 15 is 0 Å². The first-order chi connectivity index (χ1) is 12.7. The van der Waals surface area contributed by atoms with Crippen molar-refractivity contribution in [2.45, 2.75) is 0 Å². The third-order valence-electron chi connectivity index (χ3n) is 4.22. The first kappa shape index (κ1) is 16.2. The molecule has 4 rings (SSSR count). The van der Waals surface area contributed by atoms with E-state index in [1.54, 1.807) is 23.5 Å². The van der Waals surface area contributed by atoms with Gasteiger partial charge in [-0.2, -0.15) is 0 Å². The van der Waals surface area contributed by atoms with Crippen LogP contribution in [0.5, 0.6) is 0 Å². The van der Waals surface area contributed by atoms with Crippen molar-refractivity contribution >= 4 is 17.0 Å². The van der Waals surface area contributed by atoms with Gasteiger partial charge in [0, 0.05) is 21.4 Å². The van der Waals surface area contributed by atoms with Crippen LogP contribution >= 0.6 is 11.3 Å². The molecule has 4 aromatic rings. The Hall–Kier alpha value is -3.24. The van der Waals surface area contributed by atoms with Gasteiger partial charge >= 0.3 is 0 Å². The minimum absolute atomic E-state index is 0.127. The molecular weight excluding hydrogens is 342 g/mol. The minimum atomic E-state index is -0.316. The van der Waals surface area contributed by atoms with Gasteiger partial charge in [-0.15, -0.1) is 11.3 Å². The van der Waals surface area contributed by atoms with Crippen LogP contribution in [-0.4, -0.2) is 4.92 Å². The number of nitrogens with zero attached hydrogens (tertiary/aromatic N) is 1. The van der Waals surface area contributed by atoms with E-state index in [0.29, 0.717) is 5.56 Å². The second-order valence-electron chi connectivity index (χ2n) is 5.86. The summed E-state index contributed by atoms with van der Waals surface area (Å²) >= 11 is 1.66. The zero-order valence-corrected chi connectivity index (χ0v) is 14.6. The summed E-state index contributed by atoms with van der Waals surface area (Å²) in [5.41, 5.74) is 3.84. The molecule has 0 amide bonds. The number of nitro benzene ring substituents is 1. The van der Waals surface area contributed by atoms with Crippen molar-refractivity contribution in [1.82, 2.24) is 0 Å². The topological polar surface area (TPSA) is 43.1 Å². The number of benzene rings is 3. The van der Waals surface area contributed by atoms with Gasteiger partial charge in [-0.1, -0.05) is 72.8 Å². The first-order valence-corrected chi connectivity index (χ1v) is 9.04. The third-order valence-corrected chi connectivity index (χ3v) is 5.45. The Morgan fingerprint density at radius 3 is 1.92 bits per heavy atom. The van der Waals surface area contributed by atoms with Crippen LogP contribution in [0.15, 0.2) is 91.0 Å². The largest absolute Gasteiger partial charge is 0.277 e. The van der Waals surface area contributed by atoms with Gasteiger partial charge in [-0.25, -0.2) is 0 Å². The predicted molar refractivity (Wildman–Crippen MR) is 107 cm³/mol. The highest BCUT2D eigenvalue weighted by Gasteiger charge is 2.20. The fraction of sp³-hybridized carbons (Fsp3) is 0. The molecule has 3 aromatic carbocycles. The van der Waals surface area contributed by atoms with Crippen molar-refractivity contribution in [3.8, 4) is 32.0 Å². The molecule has 0 aliphatic carbocycles. The smallest absolute Gasteiger partial charge is 0.258 e. The highest BCUT2D eigenvalue weighted by atomic mass is 32.1. The van der Waals surface area contributed by atoms with Gasteiger partial charge in [-0.3, -0.25) is 10.1 Å². The normalized spacial score (nSPS) is 10.6. The zero-order chi connectivity index (χ0) is 17.9. The molecule has 1 heterocycles. The van der Waals surface area contributed by atoms with E-state index in [4.69, 9.17) is 0 Å². The quantitative estimate of drug-likeness (QED) is 0.303. The van der Waals surface area contributed by atoms with Crippen LogP contribution in [0.25, 0.3) is 32.0 Å². The van der Waals surface area contributed by atoms with Crippen LogP contribution in [0.3, 0.4) is 0 Å². The highest BCUT2D eigenvalue weighted by molar-refractivity contribution is 7.19.